The number of rotatable bonds is 3. The van der Waals surface area contributed by atoms with E-state index in [-0.39, 0.29) is 6.04 Å². The Bertz CT molecular complexity index is 536. The zero-order valence-electron chi connectivity index (χ0n) is 10.5. The minimum Gasteiger partial charge on any atom is -0.338 e. The quantitative estimate of drug-likeness (QED) is 0.919. The first kappa shape index (κ1) is 11.8. The summed E-state index contributed by atoms with van der Waals surface area (Å²) in [6.07, 6.45) is 1.81. The molecule has 0 radical (unpaired) electrons. The molecule has 1 aliphatic heterocycles. The Morgan fingerprint density at radius 1 is 1.50 bits per heavy atom. The first-order valence-electron chi connectivity index (χ1n) is 6.19. The van der Waals surface area contributed by atoms with Crippen LogP contribution in [0.4, 0.5) is 0 Å². The molecule has 6 heteroatoms. The molecule has 1 saturated heterocycles. The van der Waals surface area contributed by atoms with Crippen molar-refractivity contribution in [2.45, 2.75) is 32.7 Å². The van der Waals surface area contributed by atoms with Crippen molar-refractivity contribution >= 4 is 11.3 Å². The average molecular weight is 264 g/mol. The van der Waals surface area contributed by atoms with Gasteiger partial charge < -0.3 is 9.84 Å². The number of nitrogens with zero attached hydrogens (tertiary/aromatic N) is 3. The Kier molecular flexibility index (Phi) is 3.13. The predicted molar refractivity (Wildman–Crippen MR) is 68.5 cm³/mol. The Labute approximate surface area is 110 Å². The monoisotopic (exact) mass is 264 g/mol. The van der Waals surface area contributed by atoms with Crippen molar-refractivity contribution < 1.29 is 4.52 Å². The van der Waals surface area contributed by atoms with Crippen LogP contribution >= 0.6 is 11.3 Å². The number of hydrogen-bond acceptors (Lipinski definition) is 6. The third-order valence-corrected chi connectivity index (χ3v) is 4.11. The fourth-order valence-corrected chi connectivity index (χ4v) is 2.89. The van der Waals surface area contributed by atoms with E-state index < -0.39 is 0 Å². The summed E-state index contributed by atoms with van der Waals surface area (Å²) in [7, 11) is 0. The SMILES string of the molecule is Cc1nc(Cc2noc(C3NCCC3C)n2)cs1. The molecule has 5 nitrogen and oxygen atoms in total. The summed E-state index contributed by atoms with van der Waals surface area (Å²) in [6, 6.07) is 0.212. The van der Waals surface area contributed by atoms with Gasteiger partial charge in [-0.2, -0.15) is 4.98 Å². The molecule has 3 heterocycles. The van der Waals surface area contributed by atoms with E-state index in [0.29, 0.717) is 18.2 Å². The van der Waals surface area contributed by atoms with Gasteiger partial charge in [0.1, 0.15) is 0 Å². The van der Waals surface area contributed by atoms with Crippen LogP contribution in [0.5, 0.6) is 0 Å². The first-order valence-corrected chi connectivity index (χ1v) is 7.07. The molecule has 18 heavy (non-hydrogen) atoms. The van der Waals surface area contributed by atoms with Gasteiger partial charge in [0.25, 0.3) is 0 Å². The van der Waals surface area contributed by atoms with E-state index >= 15 is 0 Å². The fourth-order valence-electron chi connectivity index (χ4n) is 2.28. The molecule has 2 atom stereocenters. The number of thiazole rings is 1. The number of hydrogen-bond donors (Lipinski definition) is 1. The van der Waals surface area contributed by atoms with Gasteiger partial charge in [-0.15, -0.1) is 11.3 Å². The van der Waals surface area contributed by atoms with E-state index in [9.17, 15) is 0 Å². The molecule has 1 fully saturated rings. The maximum atomic E-state index is 5.35. The summed E-state index contributed by atoms with van der Waals surface area (Å²) in [5.74, 6) is 1.98. The van der Waals surface area contributed by atoms with Crippen LogP contribution in [0, 0.1) is 12.8 Å². The lowest BCUT2D eigenvalue weighted by Crippen LogP contribution is -2.16. The maximum absolute atomic E-state index is 5.35. The second-order valence-electron chi connectivity index (χ2n) is 4.78. The van der Waals surface area contributed by atoms with Crippen LogP contribution in [0.15, 0.2) is 9.90 Å². The fraction of sp³-hybridized carbons (Fsp3) is 0.583. The number of nitrogens with one attached hydrogen (secondary N) is 1. The highest BCUT2D eigenvalue weighted by atomic mass is 32.1. The van der Waals surface area contributed by atoms with E-state index in [1.54, 1.807) is 11.3 Å². The second kappa shape index (κ2) is 4.78. The molecule has 3 rings (SSSR count). The van der Waals surface area contributed by atoms with Crippen molar-refractivity contribution in [1.82, 2.24) is 20.4 Å². The predicted octanol–water partition coefficient (Wildman–Crippen LogP) is 2.10. The summed E-state index contributed by atoms with van der Waals surface area (Å²) < 4.78 is 5.35. The molecule has 2 aromatic rings. The van der Waals surface area contributed by atoms with Gasteiger partial charge in [0.2, 0.25) is 5.89 Å². The van der Waals surface area contributed by atoms with E-state index in [0.717, 1.165) is 29.5 Å². The normalized spacial score (nSPS) is 23.7. The molecule has 0 bridgehead atoms. The topological polar surface area (TPSA) is 63.8 Å². The standard InChI is InChI=1S/C12H16N4OS/c1-7-3-4-13-11(7)12-15-10(16-17-12)5-9-6-18-8(2)14-9/h6-7,11,13H,3-5H2,1-2H3. The third-order valence-electron chi connectivity index (χ3n) is 3.29. The van der Waals surface area contributed by atoms with E-state index in [4.69, 9.17) is 4.52 Å². The van der Waals surface area contributed by atoms with Crippen LogP contribution < -0.4 is 5.32 Å². The molecule has 0 aliphatic carbocycles. The molecular weight excluding hydrogens is 248 g/mol. The maximum Gasteiger partial charge on any atom is 0.244 e. The van der Waals surface area contributed by atoms with Crippen LogP contribution in [0.2, 0.25) is 0 Å². The molecule has 1 N–H and O–H groups in total. The number of aryl methyl sites for hydroxylation is 1. The zero-order chi connectivity index (χ0) is 12.5. The number of aromatic nitrogens is 3. The summed E-state index contributed by atoms with van der Waals surface area (Å²) in [4.78, 5) is 8.88. The van der Waals surface area contributed by atoms with Crippen LogP contribution in [-0.4, -0.2) is 21.7 Å². The van der Waals surface area contributed by atoms with Gasteiger partial charge in [0, 0.05) is 5.38 Å². The van der Waals surface area contributed by atoms with E-state index in [2.05, 4.69) is 27.4 Å². The van der Waals surface area contributed by atoms with Crippen LogP contribution in [0.3, 0.4) is 0 Å². The zero-order valence-corrected chi connectivity index (χ0v) is 11.3. The lowest BCUT2D eigenvalue weighted by atomic mass is 10.0. The Hall–Kier alpha value is -1.27. The molecule has 2 unspecified atom stereocenters. The van der Waals surface area contributed by atoms with Gasteiger partial charge in [0.05, 0.1) is 23.2 Å². The van der Waals surface area contributed by atoms with Crippen LogP contribution in [0.1, 0.15) is 41.8 Å². The molecule has 1 aliphatic rings. The Morgan fingerprint density at radius 3 is 3.06 bits per heavy atom. The van der Waals surface area contributed by atoms with Crippen molar-refractivity contribution in [3.63, 3.8) is 0 Å². The Morgan fingerprint density at radius 2 is 2.39 bits per heavy atom. The molecule has 0 aromatic carbocycles. The van der Waals surface area contributed by atoms with Crippen molar-refractivity contribution in [1.29, 1.82) is 0 Å². The summed E-state index contributed by atoms with van der Waals surface area (Å²) in [6.45, 7) is 5.23. The highest BCUT2D eigenvalue weighted by Gasteiger charge is 2.29. The highest BCUT2D eigenvalue weighted by molar-refractivity contribution is 7.09. The first-order chi connectivity index (χ1) is 8.72. The van der Waals surface area contributed by atoms with Crippen molar-refractivity contribution in [2.24, 2.45) is 5.92 Å². The summed E-state index contributed by atoms with van der Waals surface area (Å²) in [5, 5.41) is 10.5. The minimum atomic E-state index is 0.212. The molecular formula is C12H16N4OS. The average Bonchev–Trinajstić information content (AvgIpc) is 3.02. The van der Waals surface area contributed by atoms with Crippen LogP contribution in [0.25, 0.3) is 0 Å². The Balaban J connectivity index is 1.73. The van der Waals surface area contributed by atoms with Gasteiger partial charge in [-0.05, 0) is 25.8 Å². The lowest BCUT2D eigenvalue weighted by Gasteiger charge is -2.09. The van der Waals surface area contributed by atoms with Gasteiger partial charge >= 0.3 is 0 Å². The van der Waals surface area contributed by atoms with Gasteiger partial charge in [0.15, 0.2) is 5.82 Å². The summed E-state index contributed by atoms with van der Waals surface area (Å²) in [5.41, 5.74) is 1.01. The van der Waals surface area contributed by atoms with Crippen LogP contribution in [-0.2, 0) is 6.42 Å². The largest absolute Gasteiger partial charge is 0.338 e. The smallest absolute Gasteiger partial charge is 0.244 e. The highest BCUT2D eigenvalue weighted by Crippen LogP contribution is 2.27. The van der Waals surface area contributed by atoms with Gasteiger partial charge in [-0.3, -0.25) is 0 Å². The minimum absolute atomic E-state index is 0.212. The lowest BCUT2D eigenvalue weighted by molar-refractivity contribution is 0.317. The van der Waals surface area contributed by atoms with Crippen molar-refractivity contribution in [3.8, 4) is 0 Å². The van der Waals surface area contributed by atoms with E-state index in [1.807, 2.05) is 12.3 Å². The van der Waals surface area contributed by atoms with E-state index in [1.165, 1.54) is 0 Å². The van der Waals surface area contributed by atoms with Gasteiger partial charge in [-0.25, -0.2) is 4.98 Å². The summed E-state index contributed by atoms with van der Waals surface area (Å²) >= 11 is 1.65. The molecule has 0 saturated carbocycles. The third kappa shape index (κ3) is 2.30. The van der Waals surface area contributed by atoms with Crippen molar-refractivity contribution in [3.05, 3.63) is 27.8 Å². The molecule has 0 amide bonds. The molecule has 2 aromatic heterocycles. The van der Waals surface area contributed by atoms with Gasteiger partial charge in [-0.1, -0.05) is 12.1 Å². The molecule has 0 spiro atoms. The second-order valence-corrected chi connectivity index (χ2v) is 5.84. The van der Waals surface area contributed by atoms with Crippen molar-refractivity contribution in [2.75, 3.05) is 6.54 Å². The molecule has 96 valence electrons.